The van der Waals surface area contributed by atoms with E-state index in [2.05, 4.69) is 64.0 Å². The van der Waals surface area contributed by atoms with Crippen molar-refractivity contribution in [3.63, 3.8) is 0 Å². The summed E-state index contributed by atoms with van der Waals surface area (Å²) in [6.07, 6.45) is 7.58. The molecule has 0 saturated carbocycles. The minimum absolute atomic E-state index is 0.272. The number of hydrogen-bond acceptors (Lipinski definition) is 1. The maximum atomic E-state index is 4.61. The SMILES string of the molecule is CC=C(CC)c1ccc(C(C)(CC)CC)cn1. The highest BCUT2D eigenvalue weighted by atomic mass is 14.7. The predicted octanol–water partition coefficient (Wildman–Crippen LogP) is 4.97. The molecule has 0 amide bonds. The van der Waals surface area contributed by atoms with Gasteiger partial charge in [0.25, 0.3) is 0 Å². The largest absolute Gasteiger partial charge is 0.256 e. The van der Waals surface area contributed by atoms with Gasteiger partial charge in [-0.25, -0.2) is 0 Å². The molecule has 0 saturated heterocycles. The van der Waals surface area contributed by atoms with Crippen LogP contribution in [0.1, 0.15) is 65.1 Å². The zero-order valence-electron chi connectivity index (χ0n) is 11.9. The van der Waals surface area contributed by atoms with Gasteiger partial charge in [-0.2, -0.15) is 0 Å². The normalized spacial score (nSPS) is 12.9. The first-order chi connectivity index (χ1) is 8.11. The molecule has 1 heteroatoms. The summed E-state index contributed by atoms with van der Waals surface area (Å²) in [5, 5.41) is 0. The van der Waals surface area contributed by atoms with Crippen LogP contribution in [0.25, 0.3) is 5.57 Å². The highest BCUT2D eigenvalue weighted by Gasteiger charge is 2.22. The minimum Gasteiger partial charge on any atom is -0.256 e. The summed E-state index contributed by atoms with van der Waals surface area (Å²) in [6, 6.07) is 4.41. The Morgan fingerprint density at radius 1 is 1.24 bits per heavy atom. The molecule has 0 aromatic carbocycles. The molecule has 0 fully saturated rings. The molecular weight excluding hydrogens is 206 g/mol. The summed E-state index contributed by atoms with van der Waals surface area (Å²) >= 11 is 0. The van der Waals surface area contributed by atoms with Crippen LogP contribution in [-0.2, 0) is 5.41 Å². The minimum atomic E-state index is 0.272. The van der Waals surface area contributed by atoms with Gasteiger partial charge in [-0.1, -0.05) is 39.8 Å². The van der Waals surface area contributed by atoms with Gasteiger partial charge in [-0.15, -0.1) is 0 Å². The molecule has 0 aliphatic carbocycles. The van der Waals surface area contributed by atoms with Crippen molar-refractivity contribution in [1.82, 2.24) is 4.98 Å². The number of hydrogen-bond donors (Lipinski definition) is 0. The molecule has 1 nitrogen and oxygen atoms in total. The van der Waals surface area contributed by atoms with Gasteiger partial charge in [0, 0.05) is 6.20 Å². The van der Waals surface area contributed by atoms with Crippen LogP contribution < -0.4 is 0 Å². The maximum absolute atomic E-state index is 4.61. The van der Waals surface area contributed by atoms with Crippen molar-refractivity contribution in [1.29, 1.82) is 0 Å². The Bertz CT molecular complexity index is 369. The molecule has 0 bridgehead atoms. The summed E-state index contributed by atoms with van der Waals surface area (Å²) in [5.41, 5.74) is 4.07. The van der Waals surface area contributed by atoms with E-state index in [1.807, 2.05) is 0 Å². The maximum Gasteiger partial charge on any atom is 0.0658 e. The molecule has 0 unspecified atom stereocenters. The Labute approximate surface area is 106 Å². The Hall–Kier alpha value is -1.11. The van der Waals surface area contributed by atoms with Crippen molar-refractivity contribution in [3.8, 4) is 0 Å². The van der Waals surface area contributed by atoms with Crippen molar-refractivity contribution >= 4 is 5.57 Å². The van der Waals surface area contributed by atoms with E-state index in [0.717, 1.165) is 25.0 Å². The Balaban J connectivity index is 3.03. The molecule has 17 heavy (non-hydrogen) atoms. The van der Waals surface area contributed by atoms with Crippen LogP contribution in [0.3, 0.4) is 0 Å². The second-order valence-corrected chi connectivity index (χ2v) is 4.87. The first kappa shape index (κ1) is 14.0. The molecular formula is C16H25N. The number of nitrogens with zero attached hydrogens (tertiary/aromatic N) is 1. The van der Waals surface area contributed by atoms with E-state index in [1.165, 1.54) is 11.1 Å². The van der Waals surface area contributed by atoms with Crippen LogP contribution in [0.5, 0.6) is 0 Å². The molecule has 0 aliphatic heterocycles. The second-order valence-electron chi connectivity index (χ2n) is 4.87. The molecule has 0 spiro atoms. The van der Waals surface area contributed by atoms with E-state index >= 15 is 0 Å². The van der Waals surface area contributed by atoms with Crippen molar-refractivity contribution in [2.75, 3.05) is 0 Å². The average Bonchev–Trinajstić information content (AvgIpc) is 2.40. The summed E-state index contributed by atoms with van der Waals surface area (Å²) in [5.74, 6) is 0. The Kier molecular flexibility index (Phi) is 4.92. The van der Waals surface area contributed by atoms with Crippen LogP contribution in [-0.4, -0.2) is 4.98 Å². The molecule has 1 heterocycles. The molecule has 94 valence electrons. The van der Waals surface area contributed by atoms with Gasteiger partial charge in [0.2, 0.25) is 0 Å². The molecule has 0 atom stereocenters. The third-order valence-electron chi connectivity index (χ3n) is 4.08. The van der Waals surface area contributed by atoms with Gasteiger partial charge in [0.05, 0.1) is 5.69 Å². The van der Waals surface area contributed by atoms with Crippen LogP contribution in [0.4, 0.5) is 0 Å². The van der Waals surface area contributed by atoms with E-state index in [0.29, 0.717) is 0 Å². The van der Waals surface area contributed by atoms with E-state index < -0.39 is 0 Å². The fourth-order valence-electron chi connectivity index (χ4n) is 2.13. The lowest BCUT2D eigenvalue weighted by atomic mass is 9.78. The molecule has 0 N–H and O–H groups in total. The molecule has 0 aliphatic rings. The van der Waals surface area contributed by atoms with E-state index in [1.54, 1.807) is 0 Å². The molecule has 1 aromatic heterocycles. The summed E-state index contributed by atoms with van der Waals surface area (Å²) < 4.78 is 0. The van der Waals surface area contributed by atoms with Gasteiger partial charge >= 0.3 is 0 Å². The highest BCUT2D eigenvalue weighted by Crippen LogP contribution is 2.31. The topological polar surface area (TPSA) is 12.9 Å². The Morgan fingerprint density at radius 3 is 2.24 bits per heavy atom. The molecule has 0 radical (unpaired) electrons. The van der Waals surface area contributed by atoms with Gasteiger partial charge in [0.15, 0.2) is 0 Å². The van der Waals surface area contributed by atoms with Crippen LogP contribution in [0, 0.1) is 0 Å². The van der Waals surface area contributed by atoms with E-state index in [9.17, 15) is 0 Å². The molecule has 1 rings (SSSR count). The third kappa shape index (κ3) is 2.96. The smallest absolute Gasteiger partial charge is 0.0658 e. The number of pyridine rings is 1. The van der Waals surface area contributed by atoms with Crippen LogP contribution in [0.15, 0.2) is 24.4 Å². The predicted molar refractivity (Wildman–Crippen MR) is 76.1 cm³/mol. The van der Waals surface area contributed by atoms with Gasteiger partial charge in [-0.3, -0.25) is 4.98 Å². The van der Waals surface area contributed by atoms with E-state index in [-0.39, 0.29) is 5.41 Å². The lowest BCUT2D eigenvalue weighted by molar-refractivity contribution is 0.437. The fraction of sp³-hybridized carbons (Fsp3) is 0.562. The van der Waals surface area contributed by atoms with Gasteiger partial charge in [-0.05, 0) is 48.8 Å². The number of aromatic nitrogens is 1. The number of allylic oxidation sites excluding steroid dienone is 2. The van der Waals surface area contributed by atoms with Crippen molar-refractivity contribution in [2.24, 2.45) is 0 Å². The lowest BCUT2D eigenvalue weighted by Gasteiger charge is -2.27. The quantitative estimate of drug-likeness (QED) is 0.697. The standard InChI is InChI=1S/C16H25N/c1-6-13(7-2)15-11-10-14(12-17-15)16(5,8-3)9-4/h6,10-12H,7-9H2,1-5H3. The first-order valence-electron chi connectivity index (χ1n) is 6.73. The number of rotatable bonds is 5. The van der Waals surface area contributed by atoms with Gasteiger partial charge in [0.1, 0.15) is 0 Å². The third-order valence-corrected chi connectivity index (χ3v) is 4.08. The average molecular weight is 231 g/mol. The highest BCUT2D eigenvalue weighted by molar-refractivity contribution is 5.61. The molecule has 1 aromatic rings. The van der Waals surface area contributed by atoms with Crippen molar-refractivity contribution < 1.29 is 0 Å². The van der Waals surface area contributed by atoms with Crippen molar-refractivity contribution in [2.45, 2.75) is 59.3 Å². The second kappa shape index (κ2) is 6.00. The summed E-state index contributed by atoms with van der Waals surface area (Å²) in [7, 11) is 0. The lowest BCUT2D eigenvalue weighted by Crippen LogP contribution is -2.19. The van der Waals surface area contributed by atoms with Crippen molar-refractivity contribution in [3.05, 3.63) is 35.7 Å². The summed E-state index contributed by atoms with van der Waals surface area (Å²) in [6.45, 7) is 11.1. The van der Waals surface area contributed by atoms with Crippen LogP contribution in [0.2, 0.25) is 0 Å². The van der Waals surface area contributed by atoms with E-state index in [4.69, 9.17) is 0 Å². The fourth-order valence-corrected chi connectivity index (χ4v) is 2.13. The zero-order chi connectivity index (χ0) is 12.9. The monoisotopic (exact) mass is 231 g/mol. The summed E-state index contributed by atoms with van der Waals surface area (Å²) in [4.78, 5) is 4.61. The zero-order valence-corrected chi connectivity index (χ0v) is 11.9. The van der Waals surface area contributed by atoms with Gasteiger partial charge < -0.3 is 0 Å². The Morgan fingerprint density at radius 2 is 1.88 bits per heavy atom. The first-order valence-corrected chi connectivity index (χ1v) is 6.73. The van der Waals surface area contributed by atoms with Crippen LogP contribution >= 0.6 is 0 Å².